The van der Waals surface area contributed by atoms with Gasteiger partial charge in [-0.15, -0.1) is 0 Å². The van der Waals surface area contributed by atoms with E-state index in [-0.39, 0.29) is 41.5 Å². The molecule has 0 aliphatic carbocycles. The smallest absolute Gasteiger partial charge is 0.324 e. The highest BCUT2D eigenvalue weighted by Crippen LogP contribution is 2.31. The van der Waals surface area contributed by atoms with E-state index in [9.17, 15) is 30.8 Å². The Morgan fingerprint density at radius 1 is 1.09 bits per heavy atom. The van der Waals surface area contributed by atoms with Crippen LogP contribution in [-0.2, 0) is 27.4 Å². The average Bonchev–Trinajstić information content (AvgIpc) is 3.09. The van der Waals surface area contributed by atoms with Crippen LogP contribution in [0.4, 0.5) is 27.6 Å². The molecule has 9 nitrogen and oxygen atoms in total. The quantitative estimate of drug-likeness (QED) is 0.322. The number of nitrogens with two attached hydrogens (primary N) is 1. The monoisotopic (exact) mass is 638 g/mol. The number of hydrogen-bond donors (Lipinski definition) is 3. The first-order valence-corrected chi connectivity index (χ1v) is 15.7. The molecule has 5 rings (SSSR count). The number of fused-ring (bicyclic) bond motifs is 2. The molecule has 3 aromatic rings. The molecule has 4 N–H and O–H groups in total. The topological polar surface area (TPSA) is 130 Å². The molecule has 0 spiro atoms. The molecule has 2 bridgehead atoms. The van der Waals surface area contributed by atoms with Gasteiger partial charge >= 0.3 is 6.18 Å². The molecule has 5 atom stereocenters. The SMILES string of the molecule is N[C@H](C(=O)Nc1cccc(F)c1CC[C@H]1CN[C@@H]2CCCS(=O)(=O)N1C2)[C@@H](c1ccc(F)cc1)c1cnc(C(F)(F)F)nc1. The largest absolute Gasteiger partial charge is 0.451 e. The summed E-state index contributed by atoms with van der Waals surface area (Å²) in [7, 11) is -3.45. The van der Waals surface area contributed by atoms with Gasteiger partial charge in [-0.25, -0.2) is 27.2 Å². The van der Waals surface area contributed by atoms with Gasteiger partial charge in [0.1, 0.15) is 11.6 Å². The molecule has 2 aliphatic rings. The van der Waals surface area contributed by atoms with Crippen LogP contribution in [0.3, 0.4) is 0 Å². The lowest BCUT2D eigenvalue weighted by molar-refractivity contribution is -0.145. The Kier molecular flexibility index (Phi) is 9.30. The molecule has 2 saturated heterocycles. The van der Waals surface area contributed by atoms with Gasteiger partial charge in [0.2, 0.25) is 21.8 Å². The van der Waals surface area contributed by atoms with Crippen LogP contribution in [0.25, 0.3) is 0 Å². The molecule has 44 heavy (non-hydrogen) atoms. The summed E-state index contributed by atoms with van der Waals surface area (Å²) in [6.45, 7) is 0.765. The summed E-state index contributed by atoms with van der Waals surface area (Å²) in [6.07, 6.45) is -1.27. The minimum Gasteiger partial charge on any atom is -0.324 e. The van der Waals surface area contributed by atoms with Gasteiger partial charge < -0.3 is 16.4 Å². The maximum atomic E-state index is 15.1. The molecule has 1 amide bonds. The number of carbonyl (C=O) groups excluding carboxylic acids is 1. The molecular weight excluding hydrogens is 607 g/mol. The van der Waals surface area contributed by atoms with Crippen molar-refractivity contribution in [2.75, 3.05) is 24.2 Å². The van der Waals surface area contributed by atoms with E-state index >= 15 is 4.39 Å². The third kappa shape index (κ3) is 7.06. The third-order valence-electron chi connectivity index (χ3n) is 8.04. The number of alkyl halides is 3. The molecule has 3 heterocycles. The number of aromatic nitrogens is 2. The number of sulfonamides is 1. The van der Waals surface area contributed by atoms with Crippen LogP contribution in [0, 0.1) is 11.6 Å². The van der Waals surface area contributed by atoms with Crippen LogP contribution in [0.15, 0.2) is 54.9 Å². The van der Waals surface area contributed by atoms with Gasteiger partial charge in [-0.2, -0.15) is 17.5 Å². The zero-order valence-corrected chi connectivity index (χ0v) is 24.2. The highest BCUT2D eigenvalue weighted by atomic mass is 32.2. The van der Waals surface area contributed by atoms with Crippen molar-refractivity contribution >= 4 is 21.6 Å². The minimum absolute atomic E-state index is 0.0553. The lowest BCUT2D eigenvalue weighted by Gasteiger charge is -2.37. The first kappa shape index (κ1) is 31.9. The summed E-state index contributed by atoms with van der Waals surface area (Å²) in [5, 5.41) is 6.00. The van der Waals surface area contributed by atoms with E-state index in [4.69, 9.17) is 5.73 Å². The van der Waals surface area contributed by atoms with Crippen LogP contribution in [0.5, 0.6) is 0 Å². The van der Waals surface area contributed by atoms with Crippen molar-refractivity contribution in [2.24, 2.45) is 5.73 Å². The number of rotatable bonds is 8. The molecule has 15 heteroatoms. The Bertz CT molecular complexity index is 1590. The molecule has 1 unspecified atom stereocenters. The van der Waals surface area contributed by atoms with Gasteiger partial charge in [0.25, 0.3) is 0 Å². The van der Waals surface area contributed by atoms with Gasteiger partial charge in [0.15, 0.2) is 0 Å². The van der Waals surface area contributed by atoms with Crippen LogP contribution < -0.4 is 16.4 Å². The molecular formula is C29H31F5N6O3S. The van der Waals surface area contributed by atoms with E-state index in [0.29, 0.717) is 25.1 Å². The fourth-order valence-corrected chi connectivity index (χ4v) is 7.58. The van der Waals surface area contributed by atoms with Gasteiger partial charge in [0.05, 0.1) is 11.8 Å². The van der Waals surface area contributed by atoms with Crippen molar-refractivity contribution in [3.8, 4) is 0 Å². The number of hydrogen-bond acceptors (Lipinski definition) is 7. The summed E-state index contributed by atoms with van der Waals surface area (Å²) in [6, 6.07) is 7.27. The Morgan fingerprint density at radius 2 is 1.80 bits per heavy atom. The highest BCUT2D eigenvalue weighted by molar-refractivity contribution is 7.89. The molecule has 2 aliphatic heterocycles. The van der Waals surface area contributed by atoms with Gasteiger partial charge in [0, 0.05) is 54.7 Å². The van der Waals surface area contributed by atoms with Crippen molar-refractivity contribution in [3.05, 3.63) is 89.0 Å². The second kappa shape index (κ2) is 12.8. The maximum Gasteiger partial charge on any atom is 0.451 e. The van der Waals surface area contributed by atoms with Crippen LogP contribution in [0.2, 0.25) is 0 Å². The lowest BCUT2D eigenvalue weighted by atomic mass is 9.86. The van der Waals surface area contributed by atoms with Crippen molar-refractivity contribution in [2.45, 2.75) is 55.9 Å². The molecule has 236 valence electrons. The summed E-state index contributed by atoms with van der Waals surface area (Å²) in [5.74, 6) is -4.37. The highest BCUT2D eigenvalue weighted by Gasteiger charge is 2.38. The van der Waals surface area contributed by atoms with Gasteiger partial charge in [-0.1, -0.05) is 18.2 Å². The predicted octanol–water partition coefficient (Wildman–Crippen LogP) is 3.57. The van der Waals surface area contributed by atoms with Crippen molar-refractivity contribution < 1.29 is 35.2 Å². The maximum absolute atomic E-state index is 15.1. The molecule has 1 aromatic heterocycles. The van der Waals surface area contributed by atoms with E-state index in [0.717, 1.165) is 30.9 Å². The van der Waals surface area contributed by atoms with Gasteiger partial charge in [-0.05, 0) is 61.1 Å². The Hall–Kier alpha value is -3.53. The van der Waals surface area contributed by atoms with E-state index < -0.39 is 57.6 Å². The first-order valence-electron chi connectivity index (χ1n) is 14.0. The fraction of sp³-hybridized carbons (Fsp3) is 0.414. The lowest BCUT2D eigenvalue weighted by Crippen LogP contribution is -2.57. The zero-order valence-electron chi connectivity index (χ0n) is 23.4. The Morgan fingerprint density at radius 3 is 2.48 bits per heavy atom. The van der Waals surface area contributed by atoms with Crippen molar-refractivity contribution in [1.29, 1.82) is 0 Å². The average molecular weight is 639 g/mol. The molecule has 0 saturated carbocycles. The number of piperazine rings is 1. The van der Waals surface area contributed by atoms with Crippen molar-refractivity contribution in [1.82, 2.24) is 19.6 Å². The Labute approximate surface area is 251 Å². The van der Waals surface area contributed by atoms with Crippen molar-refractivity contribution in [3.63, 3.8) is 0 Å². The minimum atomic E-state index is -4.79. The van der Waals surface area contributed by atoms with E-state index in [2.05, 4.69) is 20.6 Å². The molecule has 2 aromatic carbocycles. The number of amides is 1. The zero-order chi connectivity index (χ0) is 31.6. The summed E-state index contributed by atoms with van der Waals surface area (Å²) < 4.78 is 95.2. The van der Waals surface area contributed by atoms with Crippen LogP contribution in [-0.4, -0.2) is 65.6 Å². The third-order valence-corrected chi connectivity index (χ3v) is 10.0. The number of nitrogens with zero attached hydrogens (tertiary/aromatic N) is 3. The van der Waals surface area contributed by atoms with E-state index in [1.807, 2.05) is 0 Å². The van der Waals surface area contributed by atoms with Crippen LogP contribution in [0.1, 0.15) is 47.7 Å². The van der Waals surface area contributed by atoms with Crippen LogP contribution >= 0.6 is 0 Å². The number of nitrogens with one attached hydrogen (secondary N) is 2. The van der Waals surface area contributed by atoms with Gasteiger partial charge in [-0.3, -0.25) is 4.79 Å². The molecule has 0 radical (unpaired) electrons. The number of benzene rings is 2. The standard InChI is InChI=1S/C29H31F5N6O3S/c30-19-8-6-17(7-9-19)25(18-13-37-28(38-14-18)29(32,33)34)26(35)27(41)39-24-5-1-4-23(31)22(24)11-10-21-15-36-20-3-2-12-44(42,43)40(21)16-20/h1,4-9,13-14,20-21,25-26,36H,2-3,10-12,15-16,35H2,(H,39,41)/t20-,21+,25+,26+/m1/s1. The summed E-state index contributed by atoms with van der Waals surface area (Å²) >= 11 is 0. The van der Waals surface area contributed by atoms with E-state index in [1.54, 1.807) is 0 Å². The summed E-state index contributed by atoms with van der Waals surface area (Å²) in [4.78, 5) is 20.2. The Balaban J connectivity index is 1.37. The first-order chi connectivity index (χ1) is 20.8. The fourth-order valence-electron chi connectivity index (χ4n) is 5.78. The second-order valence-corrected chi connectivity index (χ2v) is 13.0. The van der Waals surface area contributed by atoms with E-state index in [1.165, 1.54) is 34.6 Å². The number of halogens is 5. The normalized spacial score (nSPS) is 22.9. The number of carbonyl (C=O) groups is 1. The second-order valence-electron chi connectivity index (χ2n) is 11.0. The predicted molar refractivity (Wildman–Crippen MR) is 152 cm³/mol. The number of anilines is 1. The molecule has 2 fully saturated rings. The summed E-state index contributed by atoms with van der Waals surface area (Å²) in [5.41, 5.74) is 7.02.